The van der Waals surface area contributed by atoms with Gasteiger partial charge < -0.3 is 5.73 Å². The van der Waals surface area contributed by atoms with E-state index in [1.54, 1.807) is 6.20 Å². The average Bonchev–Trinajstić information content (AvgIpc) is 2.55. The Morgan fingerprint density at radius 1 is 1.00 bits per heavy atom. The molecule has 0 unspecified atom stereocenters. The molecule has 0 spiro atoms. The molecule has 22 heavy (non-hydrogen) atoms. The first-order valence-corrected chi connectivity index (χ1v) is 7.85. The normalized spacial score (nSPS) is 12.7. The first-order valence-electron chi connectivity index (χ1n) is 7.85. The monoisotopic (exact) mass is 291 g/mol. The van der Waals surface area contributed by atoms with Gasteiger partial charge >= 0.3 is 0 Å². The zero-order valence-corrected chi connectivity index (χ0v) is 13.7. The van der Waals surface area contributed by atoms with E-state index in [9.17, 15) is 0 Å². The fourth-order valence-corrected chi connectivity index (χ4v) is 2.73. The molecule has 0 atom stereocenters. The van der Waals surface area contributed by atoms with Crippen LogP contribution in [0.3, 0.4) is 0 Å². The maximum atomic E-state index is 5.85. The van der Waals surface area contributed by atoms with Crippen LogP contribution >= 0.6 is 0 Å². The van der Waals surface area contributed by atoms with Crippen LogP contribution < -0.4 is 5.73 Å². The molecule has 2 N–H and O–H groups in total. The van der Waals surface area contributed by atoms with Crippen molar-refractivity contribution in [3.63, 3.8) is 0 Å². The van der Waals surface area contributed by atoms with Gasteiger partial charge in [0.2, 0.25) is 0 Å². The van der Waals surface area contributed by atoms with E-state index in [2.05, 4.69) is 63.2 Å². The lowest BCUT2D eigenvalue weighted by Gasteiger charge is -2.12. The SMILES string of the molecule is CC(=C/Cc1ccccc1C(C)C)/C(=C\N)c1ccccc1. The third kappa shape index (κ3) is 3.88. The molecule has 0 bridgehead atoms. The number of allylic oxidation sites excluding steroid dienone is 3. The van der Waals surface area contributed by atoms with Gasteiger partial charge in [-0.25, -0.2) is 0 Å². The minimum absolute atomic E-state index is 0.545. The molecule has 0 aliphatic rings. The third-order valence-corrected chi connectivity index (χ3v) is 3.98. The number of nitrogens with two attached hydrogens (primary N) is 1. The van der Waals surface area contributed by atoms with Gasteiger partial charge in [-0.1, -0.05) is 74.5 Å². The first-order chi connectivity index (χ1) is 10.6. The van der Waals surface area contributed by atoms with Gasteiger partial charge in [0.1, 0.15) is 0 Å². The van der Waals surface area contributed by atoms with Crippen molar-refractivity contribution in [1.29, 1.82) is 0 Å². The number of hydrogen-bond donors (Lipinski definition) is 1. The molecule has 1 heteroatoms. The van der Waals surface area contributed by atoms with Crippen molar-refractivity contribution < 1.29 is 0 Å². The van der Waals surface area contributed by atoms with Gasteiger partial charge in [-0.15, -0.1) is 0 Å². The lowest BCUT2D eigenvalue weighted by Crippen LogP contribution is -1.96. The van der Waals surface area contributed by atoms with Crippen molar-refractivity contribution in [3.8, 4) is 0 Å². The van der Waals surface area contributed by atoms with Crippen LogP contribution in [0.4, 0.5) is 0 Å². The fourth-order valence-electron chi connectivity index (χ4n) is 2.73. The molecular formula is C21H25N. The highest BCUT2D eigenvalue weighted by molar-refractivity contribution is 5.78. The predicted molar refractivity (Wildman–Crippen MR) is 96.6 cm³/mol. The fraction of sp³-hybridized carbons (Fsp3) is 0.238. The maximum absolute atomic E-state index is 5.85. The molecule has 0 amide bonds. The number of hydrogen-bond acceptors (Lipinski definition) is 1. The summed E-state index contributed by atoms with van der Waals surface area (Å²) in [6, 6.07) is 19.0. The van der Waals surface area contributed by atoms with Crippen LogP contribution in [0.15, 0.2) is 72.4 Å². The standard InChI is InChI=1S/C21H25N/c1-16(2)20-12-8-7-11-19(20)14-13-17(3)21(15-22)18-9-5-4-6-10-18/h4-13,15-16H,14,22H2,1-3H3/b17-13-,21-15+. The first kappa shape index (κ1) is 16.1. The number of rotatable bonds is 5. The Morgan fingerprint density at radius 2 is 1.64 bits per heavy atom. The molecule has 0 radical (unpaired) electrons. The maximum Gasteiger partial charge on any atom is 0.00201 e. The lowest BCUT2D eigenvalue weighted by atomic mass is 9.93. The Labute approximate surface area is 134 Å². The lowest BCUT2D eigenvalue weighted by molar-refractivity contribution is 0.850. The van der Waals surface area contributed by atoms with Crippen LogP contribution in [0, 0.1) is 0 Å². The zero-order chi connectivity index (χ0) is 15.9. The summed E-state index contributed by atoms with van der Waals surface area (Å²) in [7, 11) is 0. The van der Waals surface area contributed by atoms with E-state index in [4.69, 9.17) is 5.73 Å². The summed E-state index contributed by atoms with van der Waals surface area (Å²) in [6.45, 7) is 6.61. The second kappa shape index (κ2) is 7.65. The van der Waals surface area contributed by atoms with E-state index in [1.807, 2.05) is 18.2 Å². The van der Waals surface area contributed by atoms with Crippen LogP contribution in [-0.2, 0) is 6.42 Å². The summed E-state index contributed by atoms with van der Waals surface area (Å²) in [5, 5.41) is 0. The van der Waals surface area contributed by atoms with Gasteiger partial charge in [0.05, 0.1) is 0 Å². The van der Waals surface area contributed by atoms with E-state index in [0.29, 0.717) is 5.92 Å². The van der Waals surface area contributed by atoms with Crippen LogP contribution in [-0.4, -0.2) is 0 Å². The summed E-state index contributed by atoms with van der Waals surface area (Å²) in [6.07, 6.45) is 4.91. The minimum atomic E-state index is 0.545. The predicted octanol–water partition coefficient (Wildman–Crippen LogP) is 5.30. The van der Waals surface area contributed by atoms with Crippen molar-refractivity contribution in [2.45, 2.75) is 33.1 Å². The van der Waals surface area contributed by atoms with Crippen molar-refractivity contribution in [1.82, 2.24) is 0 Å². The summed E-state index contributed by atoms with van der Waals surface area (Å²) in [4.78, 5) is 0. The van der Waals surface area contributed by atoms with Gasteiger partial charge in [0.15, 0.2) is 0 Å². The molecular weight excluding hydrogens is 266 g/mol. The second-order valence-electron chi connectivity index (χ2n) is 5.89. The Morgan fingerprint density at radius 3 is 2.27 bits per heavy atom. The highest BCUT2D eigenvalue weighted by Crippen LogP contribution is 2.24. The third-order valence-electron chi connectivity index (χ3n) is 3.98. The van der Waals surface area contributed by atoms with Gasteiger partial charge in [0.25, 0.3) is 0 Å². The highest BCUT2D eigenvalue weighted by Gasteiger charge is 2.06. The van der Waals surface area contributed by atoms with Gasteiger partial charge in [-0.3, -0.25) is 0 Å². The molecule has 0 fully saturated rings. The van der Waals surface area contributed by atoms with Crippen LogP contribution in [0.5, 0.6) is 0 Å². The molecule has 2 aromatic rings. The van der Waals surface area contributed by atoms with E-state index in [0.717, 1.165) is 17.6 Å². The Bertz CT molecular complexity index is 663. The topological polar surface area (TPSA) is 26.0 Å². The molecule has 0 saturated carbocycles. The molecule has 0 heterocycles. The van der Waals surface area contributed by atoms with Crippen molar-refractivity contribution >= 4 is 5.57 Å². The Balaban J connectivity index is 2.23. The molecule has 0 saturated heterocycles. The summed E-state index contributed by atoms with van der Waals surface area (Å²) < 4.78 is 0. The molecule has 0 aliphatic heterocycles. The van der Waals surface area contributed by atoms with E-state index >= 15 is 0 Å². The largest absolute Gasteiger partial charge is 0.404 e. The summed E-state index contributed by atoms with van der Waals surface area (Å²) in [5.74, 6) is 0.545. The van der Waals surface area contributed by atoms with Crippen LogP contribution in [0.1, 0.15) is 43.4 Å². The molecule has 114 valence electrons. The van der Waals surface area contributed by atoms with Crippen LogP contribution in [0.25, 0.3) is 5.57 Å². The molecule has 0 aromatic heterocycles. The van der Waals surface area contributed by atoms with Gasteiger partial charge in [-0.2, -0.15) is 0 Å². The molecule has 2 aromatic carbocycles. The minimum Gasteiger partial charge on any atom is -0.404 e. The van der Waals surface area contributed by atoms with Crippen molar-refractivity contribution in [2.75, 3.05) is 0 Å². The van der Waals surface area contributed by atoms with E-state index in [-0.39, 0.29) is 0 Å². The summed E-state index contributed by atoms with van der Waals surface area (Å²) in [5.41, 5.74) is 12.1. The molecule has 2 rings (SSSR count). The zero-order valence-electron chi connectivity index (χ0n) is 13.7. The Kier molecular flexibility index (Phi) is 5.60. The highest BCUT2D eigenvalue weighted by atomic mass is 14.5. The second-order valence-corrected chi connectivity index (χ2v) is 5.89. The van der Waals surface area contributed by atoms with E-state index < -0.39 is 0 Å². The average molecular weight is 291 g/mol. The van der Waals surface area contributed by atoms with Gasteiger partial charge in [-0.05, 0) is 47.1 Å². The quantitative estimate of drug-likeness (QED) is 0.743. The van der Waals surface area contributed by atoms with Crippen molar-refractivity contribution in [3.05, 3.63) is 89.1 Å². The van der Waals surface area contributed by atoms with Gasteiger partial charge in [0, 0.05) is 6.20 Å². The molecule has 1 nitrogen and oxygen atoms in total. The molecule has 0 aliphatic carbocycles. The Hall–Kier alpha value is -2.28. The van der Waals surface area contributed by atoms with Crippen molar-refractivity contribution in [2.24, 2.45) is 5.73 Å². The van der Waals surface area contributed by atoms with E-state index in [1.165, 1.54) is 16.7 Å². The number of benzene rings is 2. The summed E-state index contributed by atoms with van der Waals surface area (Å²) >= 11 is 0. The van der Waals surface area contributed by atoms with Crippen LogP contribution in [0.2, 0.25) is 0 Å². The smallest absolute Gasteiger partial charge is 0.00201 e.